The summed E-state index contributed by atoms with van der Waals surface area (Å²) in [6.07, 6.45) is 3.12. The van der Waals surface area contributed by atoms with Crippen LogP contribution in [-0.2, 0) is 0 Å². The second kappa shape index (κ2) is 6.10. The third-order valence-corrected chi connectivity index (χ3v) is 2.20. The Bertz CT molecular complexity index is 380. The van der Waals surface area contributed by atoms with Crippen LogP contribution in [0.4, 0.5) is 0 Å². The maximum Gasteiger partial charge on any atom is 0.307 e. The van der Waals surface area contributed by atoms with E-state index in [-0.39, 0.29) is 5.91 Å². The van der Waals surface area contributed by atoms with E-state index in [1.165, 1.54) is 0 Å². The van der Waals surface area contributed by atoms with Gasteiger partial charge in [0.1, 0.15) is 5.76 Å². The molecule has 0 atom stereocenters. The third kappa shape index (κ3) is 3.88. The first kappa shape index (κ1) is 12.5. The van der Waals surface area contributed by atoms with Gasteiger partial charge >= 0.3 is 5.91 Å². The summed E-state index contributed by atoms with van der Waals surface area (Å²) >= 11 is 0. The van der Waals surface area contributed by atoms with Crippen molar-refractivity contribution in [2.75, 3.05) is 0 Å². The monoisotopic (exact) mass is 222 g/mol. The van der Waals surface area contributed by atoms with Crippen LogP contribution in [0, 0.1) is 6.92 Å². The SMILES string of the molecule is CCCCC(C)=NNC(=O)c1ccc(C)o1. The number of rotatable bonds is 5. The lowest BCUT2D eigenvalue weighted by Gasteiger charge is -1.99. The van der Waals surface area contributed by atoms with Crippen molar-refractivity contribution in [3.8, 4) is 0 Å². The van der Waals surface area contributed by atoms with Crippen molar-refractivity contribution in [3.63, 3.8) is 0 Å². The van der Waals surface area contributed by atoms with Crippen molar-refractivity contribution in [3.05, 3.63) is 23.7 Å². The van der Waals surface area contributed by atoms with Gasteiger partial charge in [-0.2, -0.15) is 5.10 Å². The summed E-state index contributed by atoms with van der Waals surface area (Å²) in [5.41, 5.74) is 3.41. The smallest absolute Gasteiger partial charge is 0.307 e. The van der Waals surface area contributed by atoms with E-state index in [4.69, 9.17) is 4.42 Å². The summed E-state index contributed by atoms with van der Waals surface area (Å²) < 4.78 is 5.18. The summed E-state index contributed by atoms with van der Waals surface area (Å²) in [7, 11) is 0. The van der Waals surface area contributed by atoms with E-state index in [0.29, 0.717) is 5.76 Å². The van der Waals surface area contributed by atoms with Crippen molar-refractivity contribution < 1.29 is 9.21 Å². The molecule has 88 valence electrons. The zero-order valence-corrected chi connectivity index (χ0v) is 10.0. The van der Waals surface area contributed by atoms with E-state index in [1.807, 2.05) is 6.92 Å². The van der Waals surface area contributed by atoms with Gasteiger partial charge in [-0.05, 0) is 38.8 Å². The van der Waals surface area contributed by atoms with Gasteiger partial charge in [0, 0.05) is 5.71 Å². The number of furan rings is 1. The van der Waals surface area contributed by atoms with Gasteiger partial charge in [0.25, 0.3) is 0 Å². The molecule has 0 aliphatic rings. The van der Waals surface area contributed by atoms with Crippen LogP contribution >= 0.6 is 0 Å². The van der Waals surface area contributed by atoms with Gasteiger partial charge in [-0.25, -0.2) is 5.43 Å². The molecule has 0 unspecified atom stereocenters. The van der Waals surface area contributed by atoms with Gasteiger partial charge in [0.05, 0.1) is 0 Å². The Labute approximate surface area is 95.7 Å². The van der Waals surface area contributed by atoms with E-state index in [2.05, 4.69) is 17.5 Å². The Morgan fingerprint density at radius 2 is 2.25 bits per heavy atom. The summed E-state index contributed by atoms with van der Waals surface area (Å²) in [6.45, 7) is 5.83. The molecule has 1 amide bonds. The molecule has 1 heterocycles. The van der Waals surface area contributed by atoms with Gasteiger partial charge < -0.3 is 4.42 Å². The molecule has 1 rings (SSSR count). The Hall–Kier alpha value is -1.58. The lowest BCUT2D eigenvalue weighted by atomic mass is 10.2. The largest absolute Gasteiger partial charge is 0.456 e. The summed E-state index contributed by atoms with van der Waals surface area (Å²) in [6, 6.07) is 3.39. The molecule has 0 aliphatic heterocycles. The fraction of sp³-hybridized carbons (Fsp3) is 0.500. The van der Waals surface area contributed by atoms with Crippen molar-refractivity contribution in [1.82, 2.24) is 5.43 Å². The van der Waals surface area contributed by atoms with Crippen LogP contribution in [-0.4, -0.2) is 11.6 Å². The standard InChI is InChI=1S/C12H18N2O2/c1-4-5-6-9(2)13-14-12(15)11-8-7-10(3)16-11/h7-8H,4-6H2,1-3H3,(H,14,15). The van der Waals surface area contributed by atoms with E-state index in [0.717, 1.165) is 30.7 Å². The number of aryl methyl sites for hydroxylation is 1. The molecule has 16 heavy (non-hydrogen) atoms. The average molecular weight is 222 g/mol. The van der Waals surface area contributed by atoms with Crippen molar-refractivity contribution >= 4 is 11.6 Å². The summed E-state index contributed by atoms with van der Waals surface area (Å²) in [4.78, 5) is 11.5. The number of hydrogen-bond acceptors (Lipinski definition) is 3. The minimum atomic E-state index is -0.302. The number of amides is 1. The molecule has 0 radical (unpaired) electrons. The van der Waals surface area contributed by atoms with Gasteiger partial charge in [-0.15, -0.1) is 0 Å². The van der Waals surface area contributed by atoms with Gasteiger partial charge in [0.15, 0.2) is 5.76 Å². The molecule has 0 bridgehead atoms. The van der Waals surface area contributed by atoms with Crippen LogP contribution in [0.5, 0.6) is 0 Å². The van der Waals surface area contributed by atoms with Crippen molar-refractivity contribution in [2.45, 2.75) is 40.0 Å². The third-order valence-electron chi connectivity index (χ3n) is 2.20. The first-order valence-corrected chi connectivity index (χ1v) is 5.53. The predicted octanol–water partition coefficient (Wildman–Crippen LogP) is 2.88. The van der Waals surface area contributed by atoms with Gasteiger partial charge in [-0.3, -0.25) is 4.79 Å². The second-order valence-electron chi connectivity index (χ2n) is 3.80. The molecule has 1 aromatic heterocycles. The van der Waals surface area contributed by atoms with Crippen LogP contribution in [0.25, 0.3) is 0 Å². The van der Waals surface area contributed by atoms with Crippen LogP contribution in [0.15, 0.2) is 21.7 Å². The number of hydrogen-bond donors (Lipinski definition) is 1. The van der Waals surface area contributed by atoms with E-state index in [9.17, 15) is 4.79 Å². The van der Waals surface area contributed by atoms with Crippen LogP contribution < -0.4 is 5.43 Å². The molecule has 0 saturated carbocycles. The molecule has 0 spiro atoms. The number of nitrogens with one attached hydrogen (secondary N) is 1. The fourth-order valence-corrected chi connectivity index (χ4v) is 1.25. The van der Waals surface area contributed by atoms with Crippen molar-refractivity contribution in [1.29, 1.82) is 0 Å². The predicted molar refractivity (Wildman–Crippen MR) is 63.5 cm³/mol. The van der Waals surface area contributed by atoms with E-state index >= 15 is 0 Å². The molecular weight excluding hydrogens is 204 g/mol. The summed E-state index contributed by atoms with van der Waals surface area (Å²) in [5, 5.41) is 4.00. The van der Waals surface area contributed by atoms with E-state index < -0.39 is 0 Å². The highest BCUT2D eigenvalue weighted by atomic mass is 16.3. The van der Waals surface area contributed by atoms with Crippen LogP contribution in [0.1, 0.15) is 49.4 Å². The molecule has 4 heteroatoms. The van der Waals surface area contributed by atoms with Crippen molar-refractivity contribution in [2.24, 2.45) is 5.10 Å². The molecular formula is C12H18N2O2. The van der Waals surface area contributed by atoms with Gasteiger partial charge in [-0.1, -0.05) is 13.3 Å². The Kier molecular flexibility index (Phi) is 4.76. The van der Waals surface area contributed by atoms with E-state index in [1.54, 1.807) is 19.1 Å². The van der Waals surface area contributed by atoms with Gasteiger partial charge in [0.2, 0.25) is 0 Å². The normalized spacial score (nSPS) is 11.6. The molecule has 4 nitrogen and oxygen atoms in total. The Balaban J connectivity index is 2.46. The molecule has 0 fully saturated rings. The summed E-state index contributed by atoms with van der Waals surface area (Å²) in [5.74, 6) is 0.713. The number of carbonyl (C=O) groups excluding carboxylic acids is 1. The molecule has 0 aromatic carbocycles. The van der Waals surface area contributed by atoms with Crippen LogP contribution in [0.2, 0.25) is 0 Å². The highest BCUT2D eigenvalue weighted by Gasteiger charge is 2.08. The second-order valence-corrected chi connectivity index (χ2v) is 3.80. The number of carbonyl (C=O) groups is 1. The first-order chi connectivity index (χ1) is 7.63. The quantitative estimate of drug-likeness (QED) is 0.615. The van der Waals surface area contributed by atoms with Crippen LogP contribution in [0.3, 0.4) is 0 Å². The number of hydrazone groups is 1. The maximum absolute atomic E-state index is 11.5. The first-order valence-electron chi connectivity index (χ1n) is 5.53. The minimum absolute atomic E-state index is 0.296. The highest BCUT2D eigenvalue weighted by molar-refractivity contribution is 5.92. The zero-order chi connectivity index (χ0) is 12.0. The molecule has 1 N–H and O–H groups in total. The molecule has 1 aromatic rings. The molecule has 0 aliphatic carbocycles. The Morgan fingerprint density at radius 1 is 1.50 bits per heavy atom. The average Bonchev–Trinajstić information content (AvgIpc) is 2.69. The Morgan fingerprint density at radius 3 is 2.81 bits per heavy atom. The number of unbranched alkanes of at least 4 members (excludes halogenated alkanes) is 1. The number of nitrogens with zero attached hydrogens (tertiary/aromatic N) is 1. The topological polar surface area (TPSA) is 54.6 Å². The lowest BCUT2D eigenvalue weighted by Crippen LogP contribution is -2.18. The fourth-order valence-electron chi connectivity index (χ4n) is 1.25. The maximum atomic E-state index is 11.5. The lowest BCUT2D eigenvalue weighted by molar-refractivity contribution is 0.0925. The minimum Gasteiger partial charge on any atom is -0.456 e. The molecule has 0 saturated heterocycles. The zero-order valence-electron chi connectivity index (χ0n) is 10.0. The highest BCUT2D eigenvalue weighted by Crippen LogP contribution is 2.05.